The summed E-state index contributed by atoms with van der Waals surface area (Å²) >= 11 is 6.07. The van der Waals surface area contributed by atoms with Gasteiger partial charge in [0.2, 0.25) is 0 Å². The third kappa shape index (κ3) is 3.78. The highest BCUT2D eigenvalue weighted by molar-refractivity contribution is 6.30. The van der Waals surface area contributed by atoms with Crippen LogP contribution in [0.2, 0.25) is 5.02 Å². The van der Waals surface area contributed by atoms with Crippen molar-refractivity contribution >= 4 is 11.6 Å². The predicted octanol–water partition coefficient (Wildman–Crippen LogP) is 4.47. The molecule has 0 spiro atoms. The van der Waals surface area contributed by atoms with Gasteiger partial charge in [-0.1, -0.05) is 35.9 Å². The number of benzene rings is 2. The maximum Gasteiger partial charge on any atom is 0.124 e. The highest BCUT2D eigenvalue weighted by Crippen LogP contribution is 2.28. The van der Waals surface area contributed by atoms with Gasteiger partial charge in [0.25, 0.3) is 0 Å². The second-order valence-corrected chi connectivity index (χ2v) is 5.80. The Morgan fingerprint density at radius 2 is 1.81 bits per heavy atom. The minimum atomic E-state index is 0.256. The molecule has 112 valence electrons. The lowest BCUT2D eigenvalue weighted by molar-refractivity contribution is 0.408. The molecule has 0 saturated heterocycles. The fraction of sp³-hybridized carbons (Fsp3) is 0.333. The maximum absolute atomic E-state index is 6.07. The Labute approximate surface area is 132 Å². The summed E-state index contributed by atoms with van der Waals surface area (Å²) in [7, 11) is 3.71. The molecule has 2 aromatic rings. The Balaban J connectivity index is 2.29. The summed E-state index contributed by atoms with van der Waals surface area (Å²) in [6, 6.07) is 12.7. The van der Waals surface area contributed by atoms with Crippen LogP contribution in [0.3, 0.4) is 0 Å². The maximum atomic E-state index is 6.07. The number of methoxy groups -OCH3 is 1. The first kappa shape index (κ1) is 15.9. The van der Waals surface area contributed by atoms with E-state index in [0.29, 0.717) is 0 Å². The third-order valence-corrected chi connectivity index (χ3v) is 4.00. The number of halogens is 1. The van der Waals surface area contributed by atoms with Crippen LogP contribution in [0, 0.1) is 13.8 Å². The molecule has 21 heavy (non-hydrogen) atoms. The standard InChI is InChI=1S/C18H22ClNO/c1-12-8-15(9-13(2)18(12)21-4)17(20-3)11-14-6-5-7-16(19)10-14/h5-10,17,20H,11H2,1-4H3. The molecule has 1 N–H and O–H groups in total. The molecule has 3 heteroatoms. The first-order valence-electron chi connectivity index (χ1n) is 7.12. The van der Waals surface area contributed by atoms with Crippen molar-refractivity contribution in [3.8, 4) is 5.75 Å². The van der Waals surface area contributed by atoms with E-state index in [4.69, 9.17) is 16.3 Å². The van der Waals surface area contributed by atoms with E-state index in [1.54, 1.807) is 7.11 Å². The van der Waals surface area contributed by atoms with E-state index in [2.05, 4.69) is 37.4 Å². The van der Waals surface area contributed by atoms with E-state index >= 15 is 0 Å². The molecule has 0 aromatic heterocycles. The van der Waals surface area contributed by atoms with Crippen molar-refractivity contribution in [3.05, 3.63) is 63.7 Å². The zero-order valence-corrected chi connectivity index (χ0v) is 13.8. The van der Waals surface area contributed by atoms with Crippen LogP contribution in [0.25, 0.3) is 0 Å². The monoisotopic (exact) mass is 303 g/mol. The molecule has 0 bridgehead atoms. The van der Waals surface area contributed by atoms with Crippen molar-refractivity contribution in [1.29, 1.82) is 0 Å². The number of rotatable bonds is 5. The van der Waals surface area contributed by atoms with Crippen LogP contribution in [-0.4, -0.2) is 14.2 Å². The second-order valence-electron chi connectivity index (χ2n) is 5.36. The first-order valence-corrected chi connectivity index (χ1v) is 7.49. The number of hydrogen-bond acceptors (Lipinski definition) is 2. The molecule has 0 heterocycles. The molecular weight excluding hydrogens is 282 g/mol. The van der Waals surface area contributed by atoms with Crippen molar-refractivity contribution in [1.82, 2.24) is 5.32 Å². The molecule has 0 aliphatic carbocycles. The first-order chi connectivity index (χ1) is 10.0. The van der Waals surface area contributed by atoms with Crippen molar-refractivity contribution in [2.24, 2.45) is 0 Å². The molecular formula is C18H22ClNO. The quantitative estimate of drug-likeness (QED) is 0.880. The molecule has 2 rings (SSSR count). The van der Waals surface area contributed by atoms with Gasteiger partial charge < -0.3 is 10.1 Å². The summed E-state index contributed by atoms with van der Waals surface area (Å²) in [5.74, 6) is 0.969. The summed E-state index contributed by atoms with van der Waals surface area (Å²) in [6.45, 7) is 4.17. The molecule has 2 aromatic carbocycles. The molecule has 0 aliphatic rings. The van der Waals surface area contributed by atoms with Gasteiger partial charge in [-0.25, -0.2) is 0 Å². The number of nitrogens with one attached hydrogen (secondary N) is 1. The van der Waals surface area contributed by atoms with Gasteiger partial charge in [0.1, 0.15) is 5.75 Å². The van der Waals surface area contributed by atoms with E-state index < -0.39 is 0 Å². The highest BCUT2D eigenvalue weighted by Gasteiger charge is 2.14. The lowest BCUT2D eigenvalue weighted by Crippen LogP contribution is -2.19. The Hall–Kier alpha value is -1.51. The van der Waals surface area contributed by atoms with Crippen LogP contribution < -0.4 is 10.1 Å². The van der Waals surface area contributed by atoms with E-state index in [0.717, 1.165) is 17.2 Å². The van der Waals surface area contributed by atoms with Gasteiger partial charge in [0.05, 0.1) is 7.11 Å². The van der Waals surface area contributed by atoms with Gasteiger partial charge in [-0.05, 0) is 61.7 Å². The highest BCUT2D eigenvalue weighted by atomic mass is 35.5. The zero-order valence-electron chi connectivity index (χ0n) is 13.0. The van der Waals surface area contributed by atoms with Gasteiger partial charge in [-0.3, -0.25) is 0 Å². The SMILES string of the molecule is CNC(Cc1cccc(Cl)c1)c1cc(C)c(OC)c(C)c1. The Bertz CT molecular complexity index is 601. The van der Waals surface area contributed by atoms with E-state index in [1.165, 1.54) is 22.3 Å². The molecule has 0 amide bonds. The fourth-order valence-corrected chi connectivity index (χ4v) is 3.01. The van der Waals surface area contributed by atoms with Gasteiger partial charge >= 0.3 is 0 Å². The van der Waals surface area contributed by atoms with Crippen LogP contribution in [0.5, 0.6) is 5.75 Å². The van der Waals surface area contributed by atoms with E-state index in [1.807, 2.05) is 25.2 Å². The third-order valence-electron chi connectivity index (χ3n) is 3.77. The summed E-state index contributed by atoms with van der Waals surface area (Å²) in [5.41, 5.74) is 4.83. The van der Waals surface area contributed by atoms with Gasteiger partial charge in [-0.2, -0.15) is 0 Å². The van der Waals surface area contributed by atoms with E-state index in [9.17, 15) is 0 Å². The van der Waals surface area contributed by atoms with Crippen LogP contribution >= 0.6 is 11.6 Å². The van der Waals surface area contributed by atoms with Crippen LogP contribution in [0.4, 0.5) is 0 Å². The largest absolute Gasteiger partial charge is 0.496 e. The molecule has 2 nitrogen and oxygen atoms in total. The average molecular weight is 304 g/mol. The lowest BCUT2D eigenvalue weighted by atomic mass is 9.95. The Kier molecular flexibility index (Phi) is 5.27. The summed E-state index contributed by atoms with van der Waals surface area (Å²) in [6.07, 6.45) is 0.905. The lowest BCUT2D eigenvalue weighted by Gasteiger charge is -2.20. The van der Waals surface area contributed by atoms with Crippen molar-refractivity contribution < 1.29 is 4.74 Å². The van der Waals surface area contributed by atoms with Crippen LogP contribution in [-0.2, 0) is 6.42 Å². The Morgan fingerprint density at radius 1 is 1.14 bits per heavy atom. The number of aryl methyl sites for hydroxylation is 2. The normalized spacial score (nSPS) is 12.2. The summed E-state index contributed by atoms with van der Waals surface area (Å²) in [4.78, 5) is 0. The smallest absolute Gasteiger partial charge is 0.124 e. The van der Waals surface area contributed by atoms with E-state index in [-0.39, 0.29) is 6.04 Å². The minimum absolute atomic E-state index is 0.256. The summed E-state index contributed by atoms with van der Waals surface area (Å²) < 4.78 is 5.44. The molecule has 0 radical (unpaired) electrons. The van der Waals surface area contributed by atoms with Crippen LogP contribution in [0.1, 0.15) is 28.3 Å². The van der Waals surface area contributed by atoms with Gasteiger partial charge in [0, 0.05) is 11.1 Å². The second kappa shape index (κ2) is 6.97. The predicted molar refractivity (Wildman–Crippen MR) is 89.4 cm³/mol. The van der Waals surface area contributed by atoms with Crippen LogP contribution in [0.15, 0.2) is 36.4 Å². The molecule has 0 aliphatic heterocycles. The molecule has 0 saturated carbocycles. The number of hydrogen-bond donors (Lipinski definition) is 1. The van der Waals surface area contributed by atoms with Gasteiger partial charge in [0.15, 0.2) is 0 Å². The topological polar surface area (TPSA) is 21.3 Å². The summed E-state index contributed by atoms with van der Waals surface area (Å²) in [5, 5.41) is 4.18. The van der Waals surface area contributed by atoms with Gasteiger partial charge in [-0.15, -0.1) is 0 Å². The molecule has 1 atom stereocenters. The number of ether oxygens (including phenoxy) is 1. The molecule has 0 fully saturated rings. The average Bonchev–Trinajstić information content (AvgIpc) is 2.44. The van der Waals surface area contributed by atoms with Crippen molar-refractivity contribution in [3.63, 3.8) is 0 Å². The molecule has 1 unspecified atom stereocenters. The number of likely N-dealkylation sites (N-methyl/N-ethyl adjacent to an activating group) is 1. The minimum Gasteiger partial charge on any atom is -0.496 e. The fourth-order valence-electron chi connectivity index (χ4n) is 2.79. The van der Waals surface area contributed by atoms with Crippen molar-refractivity contribution in [2.75, 3.05) is 14.2 Å². The Morgan fingerprint density at radius 3 is 2.33 bits per heavy atom. The zero-order chi connectivity index (χ0) is 15.4. The van der Waals surface area contributed by atoms with Crippen molar-refractivity contribution in [2.45, 2.75) is 26.3 Å².